The van der Waals surface area contributed by atoms with E-state index in [0.717, 1.165) is 23.5 Å². The van der Waals surface area contributed by atoms with Gasteiger partial charge in [0, 0.05) is 13.0 Å². The minimum atomic E-state index is -0.371. The van der Waals surface area contributed by atoms with Crippen LogP contribution in [0.2, 0.25) is 0 Å². The average molecular weight is 377 g/mol. The molecule has 0 atom stereocenters. The van der Waals surface area contributed by atoms with Crippen LogP contribution in [0.15, 0.2) is 60.8 Å². The number of carbonyl (C=O) groups is 1. The second kappa shape index (κ2) is 9.74. The van der Waals surface area contributed by atoms with Crippen LogP contribution in [-0.2, 0) is 11.2 Å². The van der Waals surface area contributed by atoms with E-state index < -0.39 is 0 Å². The molecule has 0 bridgehead atoms. The summed E-state index contributed by atoms with van der Waals surface area (Å²) in [5.41, 5.74) is 4.43. The predicted octanol–water partition coefficient (Wildman–Crippen LogP) is 5.06. The Kier molecular flexibility index (Phi) is 6.84. The molecule has 1 aromatic heterocycles. The number of alkyl carbamates (subject to hydrolysis) is 1. The molecule has 146 valence electrons. The van der Waals surface area contributed by atoms with E-state index in [0.29, 0.717) is 25.5 Å². The van der Waals surface area contributed by atoms with Gasteiger partial charge < -0.3 is 15.0 Å². The summed E-state index contributed by atoms with van der Waals surface area (Å²) in [5.74, 6) is 1.36. The van der Waals surface area contributed by atoms with Crippen molar-refractivity contribution in [3.63, 3.8) is 0 Å². The lowest BCUT2D eigenvalue weighted by Crippen LogP contribution is -2.27. The summed E-state index contributed by atoms with van der Waals surface area (Å²) in [5, 5.41) is 2.76. The van der Waals surface area contributed by atoms with E-state index in [-0.39, 0.29) is 6.09 Å². The molecule has 2 aromatic carbocycles. The number of amides is 1. The van der Waals surface area contributed by atoms with Gasteiger partial charge in [0.25, 0.3) is 0 Å². The van der Waals surface area contributed by atoms with Crippen molar-refractivity contribution in [1.82, 2.24) is 15.3 Å². The van der Waals surface area contributed by atoms with E-state index in [9.17, 15) is 4.79 Å². The summed E-state index contributed by atoms with van der Waals surface area (Å²) in [4.78, 5) is 19.4. The molecule has 0 unspecified atom stereocenters. The number of H-pyrrole nitrogens is 1. The molecule has 0 saturated heterocycles. The molecule has 0 aliphatic heterocycles. The van der Waals surface area contributed by atoms with Gasteiger partial charge >= 0.3 is 6.09 Å². The van der Waals surface area contributed by atoms with E-state index in [1.54, 1.807) is 0 Å². The Morgan fingerprint density at radius 2 is 1.71 bits per heavy atom. The van der Waals surface area contributed by atoms with Gasteiger partial charge in [-0.3, -0.25) is 0 Å². The Labute approximate surface area is 166 Å². The lowest BCUT2D eigenvalue weighted by atomic mass is 10.0. The van der Waals surface area contributed by atoms with Crippen LogP contribution in [0, 0.1) is 5.92 Å². The van der Waals surface area contributed by atoms with Crippen LogP contribution in [-0.4, -0.2) is 29.2 Å². The summed E-state index contributed by atoms with van der Waals surface area (Å²) in [6, 6.07) is 18.7. The van der Waals surface area contributed by atoms with Crippen LogP contribution in [0.3, 0.4) is 0 Å². The van der Waals surface area contributed by atoms with Gasteiger partial charge in [-0.05, 0) is 29.0 Å². The topological polar surface area (TPSA) is 67.0 Å². The first kappa shape index (κ1) is 19.7. The quantitative estimate of drug-likeness (QED) is 0.577. The maximum Gasteiger partial charge on any atom is 0.407 e. The lowest BCUT2D eigenvalue weighted by molar-refractivity contribution is 0.140. The number of aromatic amines is 1. The number of imidazole rings is 1. The van der Waals surface area contributed by atoms with Crippen LogP contribution in [0.5, 0.6) is 0 Å². The third kappa shape index (κ3) is 5.71. The number of rotatable bonds is 8. The molecule has 2 N–H and O–H groups in total. The van der Waals surface area contributed by atoms with E-state index in [4.69, 9.17) is 4.74 Å². The summed E-state index contributed by atoms with van der Waals surface area (Å²) in [6.07, 6.45) is 2.96. The predicted molar refractivity (Wildman–Crippen MR) is 112 cm³/mol. The monoisotopic (exact) mass is 377 g/mol. The van der Waals surface area contributed by atoms with Gasteiger partial charge in [0.15, 0.2) is 0 Å². The van der Waals surface area contributed by atoms with Gasteiger partial charge in [-0.2, -0.15) is 0 Å². The molecule has 3 rings (SSSR count). The maximum absolute atomic E-state index is 11.6. The van der Waals surface area contributed by atoms with Gasteiger partial charge in [-0.15, -0.1) is 0 Å². The van der Waals surface area contributed by atoms with Crippen molar-refractivity contribution >= 4 is 6.09 Å². The number of benzene rings is 2. The zero-order valence-corrected chi connectivity index (χ0v) is 16.4. The Morgan fingerprint density at radius 3 is 2.43 bits per heavy atom. The molecular formula is C23H27N3O2. The molecule has 0 aliphatic rings. The van der Waals surface area contributed by atoms with Gasteiger partial charge in [0.05, 0.1) is 18.5 Å². The second-order valence-corrected chi connectivity index (χ2v) is 7.18. The highest BCUT2D eigenvalue weighted by molar-refractivity contribution is 5.68. The van der Waals surface area contributed by atoms with E-state index in [1.165, 1.54) is 11.1 Å². The Morgan fingerprint density at radius 1 is 1.04 bits per heavy atom. The minimum absolute atomic E-state index is 0.371. The van der Waals surface area contributed by atoms with Crippen molar-refractivity contribution in [3.8, 4) is 22.4 Å². The zero-order chi connectivity index (χ0) is 19.8. The maximum atomic E-state index is 11.6. The summed E-state index contributed by atoms with van der Waals surface area (Å²) < 4.78 is 5.13. The molecule has 1 amide bonds. The highest BCUT2D eigenvalue weighted by Gasteiger charge is 2.06. The molecule has 28 heavy (non-hydrogen) atoms. The molecule has 0 spiro atoms. The molecule has 1 heterocycles. The lowest BCUT2D eigenvalue weighted by Gasteiger charge is -2.07. The van der Waals surface area contributed by atoms with Crippen molar-refractivity contribution in [1.29, 1.82) is 0 Å². The third-order valence-electron chi connectivity index (χ3n) is 4.49. The van der Waals surface area contributed by atoms with E-state index >= 15 is 0 Å². The van der Waals surface area contributed by atoms with Crippen LogP contribution < -0.4 is 5.32 Å². The summed E-state index contributed by atoms with van der Waals surface area (Å²) in [7, 11) is 0. The van der Waals surface area contributed by atoms with Crippen molar-refractivity contribution in [2.75, 3.05) is 13.2 Å². The first-order chi connectivity index (χ1) is 13.6. The number of carbonyl (C=O) groups excluding carboxylic acids is 1. The van der Waals surface area contributed by atoms with Gasteiger partial charge in [-0.25, -0.2) is 9.78 Å². The van der Waals surface area contributed by atoms with Crippen LogP contribution in [0.25, 0.3) is 22.4 Å². The van der Waals surface area contributed by atoms with Crippen molar-refractivity contribution in [2.24, 2.45) is 5.92 Å². The number of nitrogens with one attached hydrogen (secondary N) is 2. The Bertz CT molecular complexity index is 870. The molecule has 3 aromatic rings. The molecule has 0 fully saturated rings. The summed E-state index contributed by atoms with van der Waals surface area (Å²) in [6.45, 7) is 5.14. The molecule has 0 radical (unpaired) electrons. The smallest absolute Gasteiger partial charge is 0.407 e. The summed E-state index contributed by atoms with van der Waals surface area (Å²) >= 11 is 0. The zero-order valence-electron chi connectivity index (χ0n) is 16.4. The third-order valence-corrected chi connectivity index (χ3v) is 4.49. The molecule has 5 nitrogen and oxygen atoms in total. The Balaban J connectivity index is 1.49. The van der Waals surface area contributed by atoms with Crippen molar-refractivity contribution < 1.29 is 9.53 Å². The fourth-order valence-corrected chi connectivity index (χ4v) is 2.83. The fourth-order valence-electron chi connectivity index (χ4n) is 2.83. The molecule has 0 aliphatic carbocycles. The van der Waals surface area contributed by atoms with Gasteiger partial charge in [0.1, 0.15) is 5.82 Å². The van der Waals surface area contributed by atoms with Crippen LogP contribution in [0.1, 0.15) is 26.1 Å². The average Bonchev–Trinajstić information content (AvgIpc) is 3.17. The Hall–Kier alpha value is -3.08. The van der Waals surface area contributed by atoms with Crippen molar-refractivity contribution in [2.45, 2.75) is 26.7 Å². The number of ether oxygens (including phenoxy) is 1. The van der Waals surface area contributed by atoms with E-state index in [2.05, 4.69) is 65.5 Å². The SMILES string of the molecule is CC(C)CCOC(=O)NCCc1ncc(-c2ccc(-c3ccccc3)cc2)[nH]1. The van der Waals surface area contributed by atoms with Gasteiger partial charge in [-0.1, -0.05) is 68.4 Å². The van der Waals surface area contributed by atoms with Crippen LogP contribution >= 0.6 is 0 Å². The normalized spacial score (nSPS) is 10.8. The largest absolute Gasteiger partial charge is 0.450 e. The number of aromatic nitrogens is 2. The second-order valence-electron chi connectivity index (χ2n) is 7.18. The van der Waals surface area contributed by atoms with Crippen LogP contribution in [0.4, 0.5) is 4.79 Å². The minimum Gasteiger partial charge on any atom is -0.450 e. The highest BCUT2D eigenvalue weighted by atomic mass is 16.5. The number of hydrogen-bond acceptors (Lipinski definition) is 3. The first-order valence-corrected chi connectivity index (χ1v) is 9.72. The number of hydrogen-bond donors (Lipinski definition) is 2. The molecule has 0 saturated carbocycles. The molecule has 5 heteroatoms. The first-order valence-electron chi connectivity index (χ1n) is 9.72. The van der Waals surface area contributed by atoms with Gasteiger partial charge in [0.2, 0.25) is 0 Å². The van der Waals surface area contributed by atoms with E-state index in [1.807, 2.05) is 24.4 Å². The molecular weight excluding hydrogens is 350 g/mol. The highest BCUT2D eigenvalue weighted by Crippen LogP contribution is 2.23. The number of nitrogens with zero attached hydrogens (tertiary/aromatic N) is 1. The standard InChI is InChI=1S/C23H27N3O2/c1-17(2)13-15-28-23(27)24-14-12-22-25-16-21(26-22)20-10-8-19(9-11-20)18-6-4-3-5-7-18/h3-11,16-17H,12-15H2,1-2H3,(H,24,27)(H,25,26). The van der Waals surface area contributed by atoms with Crippen molar-refractivity contribution in [3.05, 3.63) is 66.6 Å². The fraction of sp³-hybridized carbons (Fsp3) is 0.304.